The van der Waals surface area contributed by atoms with Crippen molar-refractivity contribution in [3.63, 3.8) is 0 Å². The van der Waals surface area contributed by atoms with Crippen LogP contribution in [0.1, 0.15) is 79.5 Å². The van der Waals surface area contributed by atoms with Crippen molar-refractivity contribution in [2.24, 2.45) is 5.73 Å². The molecule has 0 aliphatic carbocycles. The van der Waals surface area contributed by atoms with E-state index in [0.717, 1.165) is 19.3 Å². The van der Waals surface area contributed by atoms with Crippen LogP contribution in [0.3, 0.4) is 0 Å². The van der Waals surface area contributed by atoms with E-state index in [-0.39, 0.29) is 31.0 Å². The first-order chi connectivity index (χ1) is 9.07. The Labute approximate surface area is 147 Å². The van der Waals surface area contributed by atoms with Crippen molar-refractivity contribution >= 4 is 11.9 Å². The molecule has 5 heteroatoms. The maximum Gasteiger partial charge on any atom is 1.00 e. The molecule has 20 heavy (non-hydrogen) atoms. The maximum atomic E-state index is 11.3. The quantitative estimate of drug-likeness (QED) is 0.260. The summed E-state index contributed by atoms with van der Waals surface area (Å²) in [6.45, 7) is 3.73. The van der Waals surface area contributed by atoms with Crippen LogP contribution >= 0.6 is 0 Å². The monoisotopic (exact) mass is 295 g/mol. The second kappa shape index (κ2) is 15.5. The minimum atomic E-state index is -0.730. The standard InChI is InChI=1S/C15H29NO3.Na.H/c1-3-4-5-6-7-8-9-10-11-12-14(17)19-15(18)13(2)16;;/h13H,3-12,16H2,1-2H3;;/q;+1;-1/t13-;;/m0../s1. The summed E-state index contributed by atoms with van der Waals surface area (Å²) in [4.78, 5) is 22.3. The summed E-state index contributed by atoms with van der Waals surface area (Å²) in [7, 11) is 0. The third-order valence-electron chi connectivity index (χ3n) is 3.07. The average molecular weight is 295 g/mol. The normalized spacial score (nSPS) is 11.6. The summed E-state index contributed by atoms with van der Waals surface area (Å²) >= 11 is 0. The number of ether oxygens (including phenoxy) is 1. The average Bonchev–Trinajstić information content (AvgIpc) is 2.36. The number of rotatable bonds is 11. The van der Waals surface area contributed by atoms with Gasteiger partial charge in [-0.3, -0.25) is 4.79 Å². The van der Waals surface area contributed by atoms with E-state index in [0.29, 0.717) is 6.42 Å². The van der Waals surface area contributed by atoms with Gasteiger partial charge in [-0.25, -0.2) is 4.79 Å². The van der Waals surface area contributed by atoms with Crippen LogP contribution in [0.25, 0.3) is 0 Å². The Morgan fingerprint density at radius 2 is 1.45 bits per heavy atom. The molecule has 0 unspecified atom stereocenters. The topological polar surface area (TPSA) is 69.4 Å². The molecular formula is C15H30NNaO3. The summed E-state index contributed by atoms with van der Waals surface area (Å²) in [6, 6.07) is -0.730. The van der Waals surface area contributed by atoms with E-state index in [1.54, 1.807) is 0 Å². The molecule has 0 aromatic heterocycles. The first-order valence-corrected chi connectivity index (χ1v) is 7.58. The molecule has 0 aromatic rings. The van der Waals surface area contributed by atoms with Crippen LogP contribution in [0.15, 0.2) is 0 Å². The van der Waals surface area contributed by atoms with Gasteiger partial charge in [0.15, 0.2) is 0 Å². The number of nitrogens with two attached hydrogens (primary N) is 1. The fourth-order valence-electron chi connectivity index (χ4n) is 1.84. The molecule has 114 valence electrons. The van der Waals surface area contributed by atoms with Crippen LogP contribution in [0.2, 0.25) is 0 Å². The first kappa shape index (κ1) is 22.4. The SMILES string of the molecule is CCCCCCCCCCCC(=O)OC(=O)[C@H](C)N.[H-].[Na+]. The summed E-state index contributed by atoms with van der Waals surface area (Å²) in [5.74, 6) is -1.09. The van der Waals surface area contributed by atoms with Gasteiger partial charge in [0.2, 0.25) is 0 Å². The van der Waals surface area contributed by atoms with Crippen molar-refractivity contribution in [2.45, 2.75) is 84.1 Å². The van der Waals surface area contributed by atoms with Gasteiger partial charge in [-0.15, -0.1) is 0 Å². The van der Waals surface area contributed by atoms with Gasteiger partial charge >= 0.3 is 41.5 Å². The van der Waals surface area contributed by atoms with E-state index >= 15 is 0 Å². The minimum Gasteiger partial charge on any atom is -1.00 e. The minimum absolute atomic E-state index is 0. The zero-order valence-corrected chi connectivity index (χ0v) is 15.5. The van der Waals surface area contributed by atoms with Crippen LogP contribution in [0.5, 0.6) is 0 Å². The van der Waals surface area contributed by atoms with Crippen LogP contribution in [0.4, 0.5) is 0 Å². The number of unbranched alkanes of at least 4 members (excludes halogenated alkanes) is 8. The van der Waals surface area contributed by atoms with Gasteiger partial charge in [0.1, 0.15) is 6.04 Å². The molecule has 0 saturated heterocycles. The van der Waals surface area contributed by atoms with Gasteiger partial charge in [0.05, 0.1) is 0 Å². The van der Waals surface area contributed by atoms with E-state index in [1.165, 1.54) is 45.4 Å². The fourth-order valence-corrected chi connectivity index (χ4v) is 1.84. The predicted molar refractivity (Wildman–Crippen MR) is 77.7 cm³/mol. The second-order valence-corrected chi connectivity index (χ2v) is 5.16. The molecule has 0 amide bonds. The Balaban J connectivity index is -0.00000162. The van der Waals surface area contributed by atoms with Crippen molar-refractivity contribution < 1.29 is 45.3 Å². The number of carbonyl (C=O) groups is 2. The molecular weight excluding hydrogens is 265 g/mol. The number of hydrogen-bond donors (Lipinski definition) is 1. The molecule has 0 rings (SSSR count). The van der Waals surface area contributed by atoms with Gasteiger partial charge in [-0.2, -0.15) is 0 Å². The number of carbonyl (C=O) groups excluding carboxylic acids is 2. The number of esters is 2. The smallest absolute Gasteiger partial charge is 1.00 e. The van der Waals surface area contributed by atoms with E-state index in [1.807, 2.05) is 0 Å². The van der Waals surface area contributed by atoms with Gasteiger partial charge in [0.25, 0.3) is 0 Å². The zero-order valence-electron chi connectivity index (χ0n) is 14.5. The van der Waals surface area contributed by atoms with Gasteiger partial charge in [-0.1, -0.05) is 58.3 Å². The predicted octanol–water partition coefficient (Wildman–Crippen LogP) is 0.441. The van der Waals surface area contributed by atoms with E-state index in [9.17, 15) is 9.59 Å². The van der Waals surface area contributed by atoms with E-state index in [4.69, 9.17) is 5.73 Å². The van der Waals surface area contributed by atoms with E-state index < -0.39 is 18.0 Å². The van der Waals surface area contributed by atoms with Gasteiger partial charge < -0.3 is 11.9 Å². The van der Waals surface area contributed by atoms with Crippen molar-refractivity contribution in [3.8, 4) is 0 Å². The van der Waals surface area contributed by atoms with Gasteiger partial charge in [0, 0.05) is 6.42 Å². The second-order valence-electron chi connectivity index (χ2n) is 5.16. The largest absolute Gasteiger partial charge is 1.00 e. The van der Waals surface area contributed by atoms with E-state index in [2.05, 4.69) is 11.7 Å². The Hall–Kier alpha value is 0.1000. The molecule has 0 fully saturated rings. The summed E-state index contributed by atoms with van der Waals surface area (Å²) in [6.07, 6.45) is 11.1. The third kappa shape index (κ3) is 14.5. The third-order valence-corrected chi connectivity index (χ3v) is 3.07. The van der Waals surface area contributed by atoms with Gasteiger partial charge in [-0.05, 0) is 13.3 Å². The summed E-state index contributed by atoms with van der Waals surface area (Å²) < 4.78 is 4.58. The van der Waals surface area contributed by atoms with Crippen LogP contribution in [-0.2, 0) is 14.3 Å². The van der Waals surface area contributed by atoms with Crippen LogP contribution in [-0.4, -0.2) is 18.0 Å². The molecule has 2 N–H and O–H groups in total. The molecule has 1 atom stereocenters. The Bertz CT molecular complexity index is 263. The van der Waals surface area contributed by atoms with Crippen LogP contribution in [0, 0.1) is 0 Å². The molecule has 0 aliphatic rings. The molecule has 4 nitrogen and oxygen atoms in total. The van der Waals surface area contributed by atoms with Crippen molar-refractivity contribution in [1.29, 1.82) is 0 Å². The molecule has 0 saturated carbocycles. The molecule has 0 bridgehead atoms. The molecule has 0 spiro atoms. The molecule has 0 heterocycles. The zero-order chi connectivity index (χ0) is 14.5. The summed E-state index contributed by atoms with van der Waals surface area (Å²) in [5.41, 5.74) is 5.30. The first-order valence-electron chi connectivity index (χ1n) is 7.58. The maximum absolute atomic E-state index is 11.3. The number of hydrogen-bond acceptors (Lipinski definition) is 4. The summed E-state index contributed by atoms with van der Waals surface area (Å²) in [5, 5.41) is 0. The molecule has 0 radical (unpaired) electrons. The van der Waals surface area contributed by atoms with Crippen molar-refractivity contribution in [3.05, 3.63) is 0 Å². The Kier molecular flexibility index (Phi) is 17.3. The van der Waals surface area contributed by atoms with Crippen LogP contribution < -0.4 is 35.3 Å². The Morgan fingerprint density at radius 1 is 1.00 bits per heavy atom. The van der Waals surface area contributed by atoms with Crippen molar-refractivity contribution in [1.82, 2.24) is 0 Å². The Morgan fingerprint density at radius 3 is 1.90 bits per heavy atom. The van der Waals surface area contributed by atoms with Crippen molar-refractivity contribution in [2.75, 3.05) is 0 Å². The molecule has 0 aromatic carbocycles. The fraction of sp³-hybridized carbons (Fsp3) is 0.867. The molecule has 0 aliphatic heterocycles.